The second-order valence-corrected chi connectivity index (χ2v) is 17.4. The lowest BCUT2D eigenvalue weighted by atomic mass is 10.0. The fraction of sp³-hybridized carbons (Fsp3) is 0.500. The molecule has 4 N–H and O–H groups in total. The molecule has 0 heterocycles. The molecule has 17 heteroatoms. The number of carbonyl (C=O) groups is 6. The number of hydrogen-bond donors (Lipinski definition) is 4. The van der Waals surface area contributed by atoms with Crippen molar-refractivity contribution in [2.24, 2.45) is 0 Å². The first-order valence-corrected chi connectivity index (χ1v) is 20.1. The van der Waals surface area contributed by atoms with Crippen molar-refractivity contribution in [3.05, 3.63) is 82.4 Å². The van der Waals surface area contributed by atoms with E-state index in [0.717, 1.165) is 16.3 Å². The first-order chi connectivity index (χ1) is 28.4. The summed E-state index contributed by atoms with van der Waals surface area (Å²) in [4.78, 5) is 89.1. The van der Waals surface area contributed by atoms with Crippen molar-refractivity contribution in [2.45, 2.75) is 136 Å². The highest BCUT2D eigenvalue weighted by atomic mass is 16.6. The number of benzene rings is 3. The minimum Gasteiger partial charge on any atom is -0.460 e. The van der Waals surface area contributed by atoms with Crippen molar-refractivity contribution >= 4 is 52.4 Å². The van der Waals surface area contributed by atoms with E-state index < -0.39 is 75.8 Å². The lowest BCUT2D eigenvalue weighted by molar-refractivity contribution is -0.384. The summed E-state index contributed by atoms with van der Waals surface area (Å²) in [5.74, 6) is -2.55. The largest absolute Gasteiger partial charge is 0.460 e. The number of nitro benzene ring substituents is 1. The van der Waals surface area contributed by atoms with Gasteiger partial charge in [-0.2, -0.15) is 0 Å². The number of amides is 4. The van der Waals surface area contributed by atoms with Gasteiger partial charge in [0.15, 0.2) is 0 Å². The average Bonchev–Trinajstić information content (AvgIpc) is 3.13. The first kappa shape index (κ1) is 49.1. The van der Waals surface area contributed by atoms with Crippen LogP contribution < -0.4 is 26.0 Å². The normalized spacial score (nSPS) is 13.1. The van der Waals surface area contributed by atoms with Crippen molar-refractivity contribution in [1.82, 2.24) is 21.3 Å². The van der Waals surface area contributed by atoms with Gasteiger partial charge < -0.3 is 40.2 Å². The maximum Gasteiger partial charge on any atom is 0.413 e. The third-order valence-electron chi connectivity index (χ3n) is 8.39. The van der Waals surface area contributed by atoms with Crippen molar-refractivity contribution in [3.63, 3.8) is 0 Å². The van der Waals surface area contributed by atoms with E-state index in [1.807, 2.05) is 42.5 Å². The van der Waals surface area contributed by atoms with Crippen LogP contribution in [0.3, 0.4) is 0 Å². The van der Waals surface area contributed by atoms with Gasteiger partial charge in [0.2, 0.25) is 5.91 Å². The molecule has 0 spiro atoms. The second kappa shape index (κ2) is 21.8. The Morgan fingerprint density at radius 3 is 1.77 bits per heavy atom. The van der Waals surface area contributed by atoms with E-state index in [4.69, 9.17) is 18.9 Å². The molecule has 0 radical (unpaired) electrons. The molecule has 0 fully saturated rings. The number of nitro groups is 1. The molecule has 0 aliphatic rings. The summed E-state index contributed by atoms with van der Waals surface area (Å²) in [6, 6.07) is 13.9. The standard InChI is InChI=1S/C44H59N5O12/c1-42(2,3)59-36(50)24-23-34(39(53)61-44(7,8)9)47-40(54)46-33(38(52)60-43(4,5)6)16-12-13-25-45-37(51)35(27-28-17-18-29-14-10-11-15-30(29)26-28)48-41(55)58-32-21-19-31(20-22-32)49(56)57/h10-11,14-15,17-22,26,33-35H,12-13,16,23-25,27H2,1-9H3,(H,45,51)(H,48,55)(H2,46,47,54)/t33-,34-,35-/m0/s1. The maximum atomic E-state index is 13.6. The van der Waals surface area contributed by atoms with Crippen molar-refractivity contribution in [3.8, 4) is 5.75 Å². The van der Waals surface area contributed by atoms with Gasteiger partial charge in [-0.3, -0.25) is 19.7 Å². The molecule has 3 atom stereocenters. The summed E-state index contributed by atoms with van der Waals surface area (Å²) in [5, 5.41) is 23.5. The zero-order valence-electron chi connectivity index (χ0n) is 36.4. The number of fused-ring (bicyclic) bond motifs is 1. The molecule has 3 aromatic carbocycles. The molecule has 0 aliphatic carbocycles. The quantitative estimate of drug-likeness (QED) is 0.0350. The Labute approximate surface area is 356 Å². The number of urea groups is 1. The molecule has 0 saturated carbocycles. The highest BCUT2D eigenvalue weighted by Crippen LogP contribution is 2.20. The summed E-state index contributed by atoms with van der Waals surface area (Å²) >= 11 is 0. The van der Waals surface area contributed by atoms with Gasteiger partial charge in [0.1, 0.15) is 40.7 Å². The van der Waals surface area contributed by atoms with Gasteiger partial charge in [0, 0.05) is 31.5 Å². The maximum absolute atomic E-state index is 13.6. The molecular formula is C44H59N5O12. The lowest BCUT2D eigenvalue weighted by Gasteiger charge is -2.27. The number of non-ortho nitro benzene ring substituents is 1. The highest BCUT2D eigenvalue weighted by Gasteiger charge is 2.31. The number of unbranched alkanes of at least 4 members (excludes halogenated alkanes) is 1. The molecule has 3 aromatic rings. The van der Waals surface area contributed by atoms with Crippen LogP contribution in [0, 0.1) is 10.1 Å². The monoisotopic (exact) mass is 849 g/mol. The molecule has 3 rings (SSSR count). The van der Waals surface area contributed by atoms with Crippen molar-refractivity contribution in [1.29, 1.82) is 0 Å². The summed E-state index contributed by atoms with van der Waals surface area (Å²) < 4.78 is 21.7. The van der Waals surface area contributed by atoms with Crippen molar-refractivity contribution in [2.75, 3.05) is 6.54 Å². The molecule has 0 aliphatic heterocycles. The smallest absolute Gasteiger partial charge is 0.413 e. The number of carbonyl (C=O) groups excluding carboxylic acids is 6. The predicted molar refractivity (Wildman–Crippen MR) is 227 cm³/mol. The van der Waals surface area contributed by atoms with Gasteiger partial charge in [-0.25, -0.2) is 19.2 Å². The molecule has 0 bridgehead atoms. The van der Waals surface area contributed by atoms with Gasteiger partial charge in [-0.1, -0.05) is 42.5 Å². The van der Waals surface area contributed by atoms with Gasteiger partial charge >= 0.3 is 30.0 Å². The number of rotatable bonds is 18. The third kappa shape index (κ3) is 18.7. The van der Waals surface area contributed by atoms with Crippen LogP contribution in [0.4, 0.5) is 15.3 Å². The van der Waals surface area contributed by atoms with Crippen LogP contribution in [0.5, 0.6) is 5.75 Å². The van der Waals surface area contributed by atoms with E-state index in [9.17, 15) is 38.9 Å². The predicted octanol–water partition coefficient (Wildman–Crippen LogP) is 6.58. The molecule has 4 amide bonds. The summed E-state index contributed by atoms with van der Waals surface area (Å²) in [6.45, 7) is 15.3. The number of hydrogen-bond acceptors (Lipinski definition) is 12. The number of esters is 3. The fourth-order valence-electron chi connectivity index (χ4n) is 5.79. The van der Waals surface area contributed by atoms with Crippen LogP contribution in [0.1, 0.15) is 100.0 Å². The number of ether oxygens (including phenoxy) is 4. The Kier molecular flexibility index (Phi) is 17.6. The van der Waals surface area contributed by atoms with E-state index in [2.05, 4.69) is 21.3 Å². The van der Waals surface area contributed by atoms with Crippen LogP contribution in [0.25, 0.3) is 10.8 Å². The molecule has 17 nitrogen and oxygen atoms in total. The molecule has 0 unspecified atom stereocenters. The average molecular weight is 850 g/mol. The molecule has 0 aromatic heterocycles. The zero-order valence-corrected chi connectivity index (χ0v) is 36.4. The third-order valence-corrected chi connectivity index (χ3v) is 8.39. The fourth-order valence-corrected chi connectivity index (χ4v) is 5.79. The Hall–Kier alpha value is -6.26. The van der Waals surface area contributed by atoms with Crippen LogP contribution in [0.15, 0.2) is 66.7 Å². The van der Waals surface area contributed by atoms with Crippen molar-refractivity contribution < 1.29 is 52.6 Å². The summed E-state index contributed by atoms with van der Waals surface area (Å²) in [7, 11) is 0. The van der Waals surface area contributed by atoms with E-state index >= 15 is 0 Å². The van der Waals surface area contributed by atoms with Gasteiger partial charge in [-0.05, 0) is 116 Å². The molecule has 0 saturated heterocycles. The van der Waals surface area contributed by atoms with Crippen LogP contribution in [-0.4, -0.2) is 82.3 Å². The molecule has 61 heavy (non-hydrogen) atoms. The van der Waals surface area contributed by atoms with Crippen LogP contribution >= 0.6 is 0 Å². The number of nitrogens with zero attached hydrogens (tertiary/aromatic N) is 1. The van der Waals surface area contributed by atoms with E-state index in [0.29, 0.717) is 12.8 Å². The zero-order chi connectivity index (χ0) is 45.5. The van der Waals surface area contributed by atoms with Crippen LogP contribution in [0.2, 0.25) is 0 Å². The van der Waals surface area contributed by atoms with Crippen LogP contribution in [-0.2, 0) is 39.8 Å². The topological polar surface area (TPSA) is 231 Å². The minimum absolute atomic E-state index is 0.0379. The Bertz CT molecular complexity index is 2020. The number of nitrogens with one attached hydrogen (secondary N) is 4. The van der Waals surface area contributed by atoms with Gasteiger partial charge in [0.25, 0.3) is 5.69 Å². The Morgan fingerprint density at radius 2 is 1.21 bits per heavy atom. The molecule has 332 valence electrons. The van der Waals surface area contributed by atoms with Gasteiger partial charge in [-0.15, -0.1) is 0 Å². The summed E-state index contributed by atoms with van der Waals surface area (Å²) in [6.07, 6.45) is -0.397. The minimum atomic E-state index is -1.25. The van der Waals surface area contributed by atoms with Gasteiger partial charge in [0.05, 0.1) is 4.92 Å². The summed E-state index contributed by atoms with van der Waals surface area (Å²) in [5.41, 5.74) is -1.95. The SMILES string of the molecule is CC(C)(C)OC(=O)CC[C@H](NC(=O)N[C@@H](CCCCNC(=O)[C@H](Cc1ccc2ccccc2c1)NC(=O)Oc1ccc([N+](=O)[O-])cc1)C(=O)OC(C)(C)C)C(=O)OC(C)(C)C. The Balaban J connectivity index is 1.67. The Morgan fingerprint density at radius 1 is 0.656 bits per heavy atom. The van der Waals surface area contributed by atoms with E-state index in [-0.39, 0.29) is 43.7 Å². The first-order valence-electron chi connectivity index (χ1n) is 20.1. The lowest BCUT2D eigenvalue weighted by Crippen LogP contribution is -2.53. The van der Waals surface area contributed by atoms with E-state index in [1.54, 1.807) is 62.3 Å². The second-order valence-electron chi connectivity index (χ2n) is 17.4. The molecular weight excluding hydrogens is 791 g/mol. The van der Waals surface area contributed by atoms with E-state index in [1.165, 1.54) is 24.3 Å². The highest BCUT2D eigenvalue weighted by molar-refractivity contribution is 5.88.